The molecule has 184 valence electrons. The predicted octanol–water partition coefficient (Wildman–Crippen LogP) is 4.52. The molecule has 34 heavy (non-hydrogen) atoms. The second-order valence-electron chi connectivity index (χ2n) is 9.13. The standard InChI is InChI=1S/C25H32ClN3O4S/c1-6-29-9-7-16(8-10-29)25(4)32-21-15(3)17(12-19(26)22(21)33-25)23(30)27-13-18-20(34-5)11-14(2)28-24(18)31/h11-12,16H,6-10,13H2,1-5H3,(H,27,30)(H,28,31). The molecule has 1 fully saturated rings. The van der Waals surface area contributed by atoms with E-state index in [0.29, 0.717) is 33.2 Å². The summed E-state index contributed by atoms with van der Waals surface area (Å²) in [5.74, 6) is 0.122. The van der Waals surface area contributed by atoms with Crippen molar-refractivity contribution in [1.82, 2.24) is 15.2 Å². The number of benzene rings is 1. The van der Waals surface area contributed by atoms with E-state index in [9.17, 15) is 9.59 Å². The van der Waals surface area contributed by atoms with E-state index in [-0.39, 0.29) is 23.9 Å². The number of aryl methyl sites for hydroxylation is 1. The Morgan fingerprint density at radius 1 is 1.26 bits per heavy atom. The molecule has 0 saturated carbocycles. The molecule has 1 atom stereocenters. The molecular weight excluding hydrogens is 474 g/mol. The predicted molar refractivity (Wildman–Crippen MR) is 135 cm³/mol. The first-order valence-corrected chi connectivity index (χ1v) is 13.3. The van der Waals surface area contributed by atoms with Gasteiger partial charge in [-0.25, -0.2) is 0 Å². The van der Waals surface area contributed by atoms with E-state index in [1.54, 1.807) is 6.07 Å². The Bertz CT molecular complexity index is 1160. The molecule has 1 aromatic carbocycles. The van der Waals surface area contributed by atoms with Gasteiger partial charge in [0.25, 0.3) is 17.3 Å². The summed E-state index contributed by atoms with van der Waals surface area (Å²) in [4.78, 5) is 31.6. The Kier molecular flexibility index (Phi) is 7.22. The number of amides is 1. The number of thioether (sulfide) groups is 1. The van der Waals surface area contributed by atoms with Crippen LogP contribution in [0.5, 0.6) is 11.5 Å². The van der Waals surface area contributed by atoms with E-state index < -0.39 is 5.79 Å². The molecule has 1 aromatic heterocycles. The van der Waals surface area contributed by atoms with Gasteiger partial charge in [-0.1, -0.05) is 18.5 Å². The first-order chi connectivity index (χ1) is 16.2. The number of H-pyrrole nitrogens is 1. The molecule has 1 saturated heterocycles. The molecule has 4 rings (SSSR count). The number of halogens is 1. The molecule has 2 aromatic rings. The van der Waals surface area contributed by atoms with Gasteiger partial charge in [0, 0.05) is 46.7 Å². The van der Waals surface area contributed by atoms with E-state index in [0.717, 1.165) is 43.1 Å². The summed E-state index contributed by atoms with van der Waals surface area (Å²) >= 11 is 8.03. The number of nitrogens with zero attached hydrogens (tertiary/aromatic N) is 1. The van der Waals surface area contributed by atoms with Gasteiger partial charge in [0.05, 0.1) is 5.02 Å². The van der Waals surface area contributed by atoms with Gasteiger partial charge in [-0.3, -0.25) is 9.59 Å². The first kappa shape index (κ1) is 24.9. The summed E-state index contributed by atoms with van der Waals surface area (Å²) in [6.07, 6.45) is 3.86. The van der Waals surface area contributed by atoms with E-state index in [1.165, 1.54) is 11.8 Å². The lowest BCUT2D eigenvalue weighted by Crippen LogP contribution is -2.48. The fourth-order valence-electron chi connectivity index (χ4n) is 4.82. The van der Waals surface area contributed by atoms with Crippen molar-refractivity contribution in [2.75, 3.05) is 25.9 Å². The average Bonchev–Trinajstić information content (AvgIpc) is 3.20. The zero-order chi connectivity index (χ0) is 24.6. The van der Waals surface area contributed by atoms with Gasteiger partial charge in [-0.05, 0) is 64.7 Å². The van der Waals surface area contributed by atoms with Gasteiger partial charge in [0.1, 0.15) is 0 Å². The number of aromatic amines is 1. The molecule has 3 heterocycles. The van der Waals surface area contributed by atoms with Gasteiger partial charge in [0.15, 0.2) is 11.5 Å². The highest BCUT2D eigenvalue weighted by atomic mass is 35.5. The normalized spacial score (nSPS) is 20.5. The van der Waals surface area contributed by atoms with E-state index >= 15 is 0 Å². The fraction of sp³-hybridized carbons (Fsp3) is 0.520. The zero-order valence-electron chi connectivity index (χ0n) is 20.3. The van der Waals surface area contributed by atoms with Crippen molar-refractivity contribution in [3.8, 4) is 11.5 Å². The van der Waals surface area contributed by atoms with Gasteiger partial charge < -0.3 is 24.7 Å². The van der Waals surface area contributed by atoms with Gasteiger partial charge in [-0.15, -0.1) is 11.8 Å². The van der Waals surface area contributed by atoms with Gasteiger partial charge in [-0.2, -0.15) is 0 Å². The molecule has 1 unspecified atom stereocenters. The highest BCUT2D eigenvalue weighted by Crippen LogP contribution is 2.51. The van der Waals surface area contributed by atoms with Crippen LogP contribution < -0.4 is 20.3 Å². The number of carbonyl (C=O) groups is 1. The number of likely N-dealkylation sites (tertiary alicyclic amines) is 1. The monoisotopic (exact) mass is 505 g/mol. The van der Waals surface area contributed by atoms with E-state index in [1.807, 2.05) is 33.1 Å². The van der Waals surface area contributed by atoms with Crippen molar-refractivity contribution in [3.05, 3.63) is 49.9 Å². The quantitative estimate of drug-likeness (QED) is 0.562. The van der Waals surface area contributed by atoms with Crippen LogP contribution >= 0.6 is 23.4 Å². The van der Waals surface area contributed by atoms with Gasteiger partial charge in [0.2, 0.25) is 0 Å². The maximum absolute atomic E-state index is 13.1. The van der Waals surface area contributed by atoms with Crippen molar-refractivity contribution in [1.29, 1.82) is 0 Å². The second-order valence-corrected chi connectivity index (χ2v) is 10.4. The van der Waals surface area contributed by atoms with Crippen LogP contribution in [0.25, 0.3) is 0 Å². The highest BCUT2D eigenvalue weighted by Gasteiger charge is 2.47. The molecular formula is C25H32ClN3O4S. The van der Waals surface area contributed by atoms with Gasteiger partial charge >= 0.3 is 0 Å². The maximum Gasteiger partial charge on any atom is 0.254 e. The fourth-order valence-corrected chi connectivity index (χ4v) is 5.76. The second kappa shape index (κ2) is 9.84. The molecule has 2 aliphatic heterocycles. The smallest absolute Gasteiger partial charge is 0.254 e. The van der Waals surface area contributed by atoms with Crippen molar-refractivity contribution in [2.24, 2.45) is 5.92 Å². The minimum absolute atomic E-state index is 0.115. The molecule has 0 spiro atoms. The first-order valence-electron chi connectivity index (χ1n) is 11.6. The number of hydrogen-bond acceptors (Lipinski definition) is 6. The molecule has 0 radical (unpaired) electrons. The number of aromatic nitrogens is 1. The minimum atomic E-state index is -0.811. The lowest BCUT2D eigenvalue weighted by molar-refractivity contribution is -0.124. The summed E-state index contributed by atoms with van der Waals surface area (Å²) in [7, 11) is 0. The number of carbonyl (C=O) groups excluding carboxylic acids is 1. The Labute approximate surface area is 209 Å². The number of rotatable bonds is 6. The third kappa shape index (κ3) is 4.68. The number of pyridine rings is 1. The number of hydrogen-bond donors (Lipinski definition) is 2. The van der Waals surface area contributed by atoms with Crippen molar-refractivity contribution in [2.45, 2.75) is 57.8 Å². The summed E-state index contributed by atoms with van der Waals surface area (Å²) in [6, 6.07) is 3.52. The SMILES string of the molecule is CCN1CCC(C2(C)Oc3c(Cl)cc(C(=O)NCc4c(SC)cc(C)[nH]c4=O)c(C)c3O2)CC1. The minimum Gasteiger partial charge on any atom is -0.448 e. The van der Waals surface area contributed by atoms with Crippen LogP contribution in [0.4, 0.5) is 0 Å². The molecule has 9 heteroatoms. The van der Waals surface area contributed by atoms with Crippen molar-refractivity contribution >= 4 is 29.3 Å². The van der Waals surface area contributed by atoms with Crippen LogP contribution in [0.1, 0.15) is 53.9 Å². The van der Waals surface area contributed by atoms with Crippen LogP contribution in [0.15, 0.2) is 21.8 Å². The molecule has 0 bridgehead atoms. The zero-order valence-corrected chi connectivity index (χ0v) is 21.9. The van der Waals surface area contributed by atoms with Crippen LogP contribution in [0, 0.1) is 19.8 Å². The summed E-state index contributed by atoms with van der Waals surface area (Å²) in [6.45, 7) is 11.0. The van der Waals surface area contributed by atoms with Crippen molar-refractivity contribution in [3.63, 3.8) is 0 Å². The molecule has 0 aliphatic carbocycles. The number of fused-ring (bicyclic) bond motifs is 1. The topological polar surface area (TPSA) is 83.7 Å². The molecule has 1 amide bonds. The third-order valence-corrected chi connectivity index (χ3v) is 8.03. The Hall–Kier alpha value is -2.16. The summed E-state index contributed by atoms with van der Waals surface area (Å²) in [5, 5.41) is 3.22. The maximum atomic E-state index is 13.1. The highest BCUT2D eigenvalue weighted by molar-refractivity contribution is 7.98. The van der Waals surface area contributed by atoms with Crippen LogP contribution in [0.3, 0.4) is 0 Å². The van der Waals surface area contributed by atoms with Crippen LogP contribution in [0.2, 0.25) is 5.02 Å². The largest absolute Gasteiger partial charge is 0.448 e. The van der Waals surface area contributed by atoms with E-state index in [2.05, 4.69) is 22.1 Å². The van der Waals surface area contributed by atoms with E-state index in [4.69, 9.17) is 21.1 Å². The number of piperidine rings is 1. The third-order valence-electron chi connectivity index (χ3n) is 6.94. The lowest BCUT2D eigenvalue weighted by atomic mass is 9.89. The number of ether oxygens (including phenoxy) is 2. The molecule has 7 nitrogen and oxygen atoms in total. The average molecular weight is 506 g/mol. The Balaban J connectivity index is 1.53. The van der Waals surface area contributed by atoms with Crippen molar-refractivity contribution < 1.29 is 14.3 Å². The summed E-state index contributed by atoms with van der Waals surface area (Å²) in [5.41, 5.74) is 2.20. The summed E-state index contributed by atoms with van der Waals surface area (Å²) < 4.78 is 12.7. The number of nitrogens with one attached hydrogen (secondary N) is 2. The molecule has 2 N–H and O–H groups in total. The van der Waals surface area contributed by atoms with Crippen LogP contribution in [-0.2, 0) is 6.54 Å². The van der Waals surface area contributed by atoms with Crippen LogP contribution in [-0.4, -0.2) is 47.5 Å². The Morgan fingerprint density at radius 3 is 2.59 bits per heavy atom. The molecule has 2 aliphatic rings. The Morgan fingerprint density at radius 2 is 1.94 bits per heavy atom. The lowest BCUT2D eigenvalue weighted by Gasteiger charge is -2.38.